The van der Waals surface area contributed by atoms with E-state index in [1.807, 2.05) is 35.2 Å². The van der Waals surface area contributed by atoms with Gasteiger partial charge in [-0.3, -0.25) is 9.89 Å². The van der Waals surface area contributed by atoms with Crippen LogP contribution in [0.4, 0.5) is 11.6 Å². The van der Waals surface area contributed by atoms with E-state index in [2.05, 4.69) is 26.6 Å². The molecule has 0 bridgehead atoms. The van der Waals surface area contributed by atoms with Crippen molar-refractivity contribution in [1.29, 1.82) is 0 Å². The van der Waals surface area contributed by atoms with Gasteiger partial charge in [0.1, 0.15) is 11.6 Å². The van der Waals surface area contributed by atoms with E-state index < -0.39 is 0 Å². The van der Waals surface area contributed by atoms with E-state index in [9.17, 15) is 4.79 Å². The Hall–Kier alpha value is -3.22. The summed E-state index contributed by atoms with van der Waals surface area (Å²) in [7, 11) is 0. The molecule has 0 spiro atoms. The topological polar surface area (TPSA) is 86.8 Å². The number of nitrogens with zero attached hydrogens (tertiary/aromatic N) is 4. The molecule has 3 aromatic heterocycles. The molecule has 2 aliphatic rings. The predicted molar refractivity (Wildman–Crippen MR) is 124 cm³/mol. The van der Waals surface area contributed by atoms with Crippen LogP contribution in [-0.2, 0) is 12.8 Å². The van der Waals surface area contributed by atoms with Gasteiger partial charge < -0.3 is 10.2 Å². The minimum Gasteiger partial charge on any atom is -0.337 e. The summed E-state index contributed by atoms with van der Waals surface area (Å²) in [5.74, 6) is 2.02. The number of fused-ring (bicyclic) bond motifs is 1. The summed E-state index contributed by atoms with van der Waals surface area (Å²) >= 11 is 0. The Labute approximate surface area is 188 Å². The lowest BCUT2D eigenvalue weighted by Crippen LogP contribution is -2.38. The normalized spacial score (nSPS) is 17.3. The quantitative estimate of drug-likeness (QED) is 0.631. The molecule has 3 aromatic rings. The fraction of sp³-hybridized carbons (Fsp3) is 0.440. The second kappa shape index (κ2) is 9.51. The second-order valence-corrected chi connectivity index (χ2v) is 8.80. The number of nitrogens with one attached hydrogen (secondary N) is 2. The Balaban J connectivity index is 1.23. The van der Waals surface area contributed by atoms with Crippen molar-refractivity contribution in [3.05, 3.63) is 65.2 Å². The minimum atomic E-state index is 0.0834. The van der Waals surface area contributed by atoms with E-state index in [1.54, 1.807) is 6.20 Å². The number of amides is 1. The van der Waals surface area contributed by atoms with Crippen molar-refractivity contribution in [3.63, 3.8) is 0 Å². The van der Waals surface area contributed by atoms with E-state index in [0.29, 0.717) is 11.6 Å². The van der Waals surface area contributed by atoms with Crippen LogP contribution in [-0.4, -0.2) is 44.1 Å². The number of aromatic amines is 1. The molecule has 1 aliphatic heterocycles. The largest absolute Gasteiger partial charge is 0.337 e. The highest BCUT2D eigenvalue weighted by Gasteiger charge is 2.29. The summed E-state index contributed by atoms with van der Waals surface area (Å²) in [6, 6.07) is 11.9. The highest BCUT2D eigenvalue weighted by Crippen LogP contribution is 2.29. The summed E-state index contributed by atoms with van der Waals surface area (Å²) in [5.41, 5.74) is 4.05. The van der Waals surface area contributed by atoms with Gasteiger partial charge in [0.2, 0.25) is 0 Å². The van der Waals surface area contributed by atoms with E-state index in [4.69, 9.17) is 4.98 Å². The molecule has 0 atom stereocenters. The molecule has 32 heavy (non-hydrogen) atoms. The van der Waals surface area contributed by atoms with Crippen LogP contribution in [0, 0.1) is 0 Å². The molecule has 0 aromatic carbocycles. The highest BCUT2D eigenvalue weighted by molar-refractivity contribution is 5.94. The van der Waals surface area contributed by atoms with Crippen LogP contribution in [0.2, 0.25) is 0 Å². The van der Waals surface area contributed by atoms with Gasteiger partial charge in [-0.25, -0.2) is 9.97 Å². The van der Waals surface area contributed by atoms with Crippen molar-refractivity contribution in [3.8, 4) is 0 Å². The Morgan fingerprint density at radius 2 is 1.78 bits per heavy atom. The first-order chi connectivity index (χ1) is 15.8. The maximum Gasteiger partial charge on any atom is 0.274 e. The molecule has 7 heteroatoms. The molecule has 0 saturated carbocycles. The van der Waals surface area contributed by atoms with E-state index in [0.717, 1.165) is 68.1 Å². The summed E-state index contributed by atoms with van der Waals surface area (Å²) in [6.07, 6.45) is 10.4. The monoisotopic (exact) mass is 430 g/mol. The van der Waals surface area contributed by atoms with Gasteiger partial charge in [0, 0.05) is 42.2 Å². The number of pyridine rings is 2. The Morgan fingerprint density at radius 3 is 2.59 bits per heavy atom. The third-order valence-electron chi connectivity index (χ3n) is 6.65. The first-order valence-corrected chi connectivity index (χ1v) is 11.8. The van der Waals surface area contributed by atoms with Crippen molar-refractivity contribution in [2.45, 2.75) is 57.3 Å². The lowest BCUT2D eigenvalue weighted by atomic mass is 9.92. The Kier molecular flexibility index (Phi) is 6.14. The second-order valence-electron chi connectivity index (χ2n) is 8.80. The minimum absolute atomic E-state index is 0.0834. The molecule has 0 radical (unpaired) electrons. The lowest BCUT2D eigenvalue weighted by Gasteiger charge is -2.31. The maximum atomic E-state index is 13.2. The smallest absolute Gasteiger partial charge is 0.274 e. The van der Waals surface area contributed by atoms with Crippen LogP contribution >= 0.6 is 0 Å². The van der Waals surface area contributed by atoms with Gasteiger partial charge in [-0.05, 0) is 62.8 Å². The zero-order valence-corrected chi connectivity index (χ0v) is 18.4. The third kappa shape index (κ3) is 4.52. The zero-order chi connectivity index (χ0) is 21.8. The molecule has 1 saturated heterocycles. The molecule has 1 aliphatic carbocycles. The van der Waals surface area contributed by atoms with Gasteiger partial charge in [-0.15, -0.1) is 0 Å². The molecule has 2 N–H and O–H groups in total. The van der Waals surface area contributed by atoms with Crippen LogP contribution in [0.15, 0.2) is 42.6 Å². The Morgan fingerprint density at radius 1 is 0.969 bits per heavy atom. The molecule has 4 heterocycles. The average molecular weight is 431 g/mol. The SMILES string of the molecule is O=C(c1n[nH]c2c1CCCCCC2)N1CCC(c2cccc(Nc3ccccn3)n2)CC1. The number of carbonyl (C=O) groups is 1. The molecule has 7 nitrogen and oxygen atoms in total. The first kappa shape index (κ1) is 20.7. The summed E-state index contributed by atoms with van der Waals surface area (Å²) in [5, 5.41) is 10.9. The molecule has 1 amide bonds. The maximum absolute atomic E-state index is 13.2. The molecular formula is C25H30N6O. The molecule has 0 unspecified atom stereocenters. The number of likely N-dealkylation sites (tertiary alicyclic amines) is 1. The molecular weight excluding hydrogens is 400 g/mol. The number of rotatable bonds is 4. The molecule has 5 rings (SSSR count). The van der Waals surface area contributed by atoms with Crippen molar-refractivity contribution in [1.82, 2.24) is 25.1 Å². The summed E-state index contributed by atoms with van der Waals surface area (Å²) < 4.78 is 0. The number of aryl methyl sites for hydroxylation is 1. The fourth-order valence-electron chi connectivity index (χ4n) is 4.86. The summed E-state index contributed by atoms with van der Waals surface area (Å²) in [6.45, 7) is 1.48. The number of carbonyl (C=O) groups excluding carboxylic acids is 1. The average Bonchev–Trinajstić information content (AvgIpc) is 3.21. The van der Waals surface area contributed by atoms with Crippen molar-refractivity contribution in [2.75, 3.05) is 18.4 Å². The molecule has 166 valence electrons. The number of piperidine rings is 1. The third-order valence-corrected chi connectivity index (χ3v) is 6.65. The van der Waals surface area contributed by atoms with Gasteiger partial charge in [0.15, 0.2) is 5.69 Å². The van der Waals surface area contributed by atoms with Gasteiger partial charge >= 0.3 is 0 Å². The fourth-order valence-corrected chi connectivity index (χ4v) is 4.86. The van der Waals surface area contributed by atoms with Crippen LogP contribution in [0.5, 0.6) is 0 Å². The van der Waals surface area contributed by atoms with E-state index in [-0.39, 0.29) is 5.91 Å². The van der Waals surface area contributed by atoms with Crippen LogP contribution in [0.3, 0.4) is 0 Å². The van der Waals surface area contributed by atoms with Crippen LogP contribution in [0.1, 0.15) is 71.9 Å². The summed E-state index contributed by atoms with van der Waals surface area (Å²) in [4.78, 5) is 24.3. The van der Waals surface area contributed by atoms with Gasteiger partial charge in [0.05, 0.1) is 0 Å². The van der Waals surface area contributed by atoms with Crippen LogP contribution < -0.4 is 5.32 Å². The standard InChI is InChI=1S/C25H30N6O/c32-25(24-19-8-3-1-2-4-9-21(19)29-30-24)31-16-13-18(14-17-31)20-10-7-12-23(27-20)28-22-11-5-6-15-26-22/h5-7,10-12,15,18H,1-4,8-9,13-14,16-17H2,(H,29,30)(H,26,27,28). The number of aromatic nitrogens is 4. The van der Waals surface area contributed by atoms with E-state index in [1.165, 1.54) is 25.0 Å². The van der Waals surface area contributed by atoms with Crippen molar-refractivity contribution < 1.29 is 4.79 Å². The zero-order valence-electron chi connectivity index (χ0n) is 18.4. The van der Waals surface area contributed by atoms with Gasteiger partial charge in [0.25, 0.3) is 5.91 Å². The van der Waals surface area contributed by atoms with Crippen molar-refractivity contribution in [2.24, 2.45) is 0 Å². The molecule has 1 fully saturated rings. The number of hydrogen-bond donors (Lipinski definition) is 2. The van der Waals surface area contributed by atoms with Gasteiger partial charge in [-0.1, -0.05) is 25.0 Å². The Bertz CT molecular complexity index is 1060. The predicted octanol–water partition coefficient (Wildman–Crippen LogP) is 4.62. The highest BCUT2D eigenvalue weighted by atomic mass is 16.2. The van der Waals surface area contributed by atoms with Gasteiger partial charge in [-0.2, -0.15) is 5.10 Å². The van der Waals surface area contributed by atoms with Crippen LogP contribution in [0.25, 0.3) is 0 Å². The lowest BCUT2D eigenvalue weighted by molar-refractivity contribution is 0.0705. The number of H-pyrrole nitrogens is 1. The van der Waals surface area contributed by atoms with E-state index >= 15 is 0 Å². The van der Waals surface area contributed by atoms with Crippen molar-refractivity contribution >= 4 is 17.5 Å². The number of anilines is 2. The first-order valence-electron chi connectivity index (χ1n) is 11.8. The number of hydrogen-bond acceptors (Lipinski definition) is 5.